The average molecular weight is 794 g/mol. The van der Waals surface area contributed by atoms with Crippen LogP contribution in [-0.4, -0.2) is 15.0 Å². The number of rotatable bonds is 7. The van der Waals surface area contributed by atoms with Crippen molar-refractivity contribution in [2.24, 2.45) is 0 Å². The molecule has 0 N–H and O–H groups in total. The molecule has 12 rings (SSSR count). The first kappa shape index (κ1) is 35.5. The molecule has 0 aliphatic carbocycles. The van der Waals surface area contributed by atoms with Crippen LogP contribution in [0.25, 0.3) is 123 Å². The first-order valence-corrected chi connectivity index (χ1v) is 20.8. The van der Waals surface area contributed by atoms with Crippen LogP contribution in [0.15, 0.2) is 221 Å². The highest BCUT2D eigenvalue weighted by Crippen LogP contribution is 2.42. The molecule has 12 aromatic rings. The summed E-state index contributed by atoms with van der Waals surface area (Å²) in [5, 5.41) is 3.88. The standard InChI is InChI=1S/C57H35N3O2/c1-4-16-36(17-5-1)39-30-32-49-47(34-39)53-45(26-14-28-51(53)61-49)56-58-55(44-25-13-12-23-42(44)38-20-8-3-9-21-38)59-57(60-56)46-27-15-29-52-54(46)48-35-40(31-33-50(48)62-52)43-24-11-10-22-41(43)37-18-6-2-7-19-37/h1-35H. The summed E-state index contributed by atoms with van der Waals surface area (Å²) >= 11 is 0. The molecule has 9 aromatic carbocycles. The summed E-state index contributed by atoms with van der Waals surface area (Å²) in [6.45, 7) is 0. The lowest BCUT2D eigenvalue weighted by molar-refractivity contribution is 0.668. The Morgan fingerprint density at radius 3 is 1.13 bits per heavy atom. The zero-order valence-corrected chi connectivity index (χ0v) is 33.4. The molecule has 290 valence electrons. The maximum atomic E-state index is 6.59. The number of benzene rings is 9. The highest BCUT2D eigenvalue weighted by Gasteiger charge is 2.22. The van der Waals surface area contributed by atoms with Crippen LogP contribution in [0.2, 0.25) is 0 Å². The van der Waals surface area contributed by atoms with E-state index >= 15 is 0 Å². The highest BCUT2D eigenvalue weighted by atomic mass is 16.3. The largest absolute Gasteiger partial charge is 0.456 e. The van der Waals surface area contributed by atoms with E-state index in [1.54, 1.807) is 0 Å². The number of fused-ring (bicyclic) bond motifs is 6. The lowest BCUT2D eigenvalue weighted by Crippen LogP contribution is -2.01. The average Bonchev–Trinajstić information content (AvgIpc) is 3.93. The van der Waals surface area contributed by atoms with Gasteiger partial charge in [0.2, 0.25) is 0 Å². The SMILES string of the molecule is c1ccc(-c2ccc3oc4cccc(-c5nc(-c6ccccc6-c6ccccc6)nc(-c6cccc7oc8ccc(-c9ccccc9-c9ccccc9)cc8c67)n5)c4c3c2)cc1. The molecule has 0 atom stereocenters. The molecule has 0 aliphatic heterocycles. The van der Waals surface area contributed by atoms with Crippen molar-refractivity contribution in [1.82, 2.24) is 15.0 Å². The van der Waals surface area contributed by atoms with Crippen LogP contribution >= 0.6 is 0 Å². The third kappa shape index (κ3) is 6.06. The molecule has 3 heterocycles. The second kappa shape index (κ2) is 14.7. The lowest BCUT2D eigenvalue weighted by atomic mass is 9.93. The molecule has 5 nitrogen and oxygen atoms in total. The summed E-state index contributed by atoms with van der Waals surface area (Å²) in [4.78, 5) is 16.1. The minimum atomic E-state index is 0.547. The van der Waals surface area contributed by atoms with Gasteiger partial charge in [-0.25, -0.2) is 15.0 Å². The minimum absolute atomic E-state index is 0.547. The van der Waals surface area contributed by atoms with E-state index in [-0.39, 0.29) is 0 Å². The monoisotopic (exact) mass is 793 g/mol. The van der Waals surface area contributed by atoms with Crippen LogP contribution in [0.5, 0.6) is 0 Å². The van der Waals surface area contributed by atoms with Gasteiger partial charge in [-0.15, -0.1) is 0 Å². The van der Waals surface area contributed by atoms with Crippen molar-refractivity contribution >= 4 is 43.9 Å². The van der Waals surface area contributed by atoms with Crippen molar-refractivity contribution in [2.45, 2.75) is 0 Å². The Hall–Kier alpha value is -8.41. The minimum Gasteiger partial charge on any atom is -0.456 e. The molecule has 62 heavy (non-hydrogen) atoms. The van der Waals surface area contributed by atoms with Gasteiger partial charge in [0.1, 0.15) is 22.3 Å². The number of nitrogens with zero attached hydrogens (tertiary/aromatic N) is 3. The van der Waals surface area contributed by atoms with Crippen LogP contribution < -0.4 is 0 Å². The molecule has 0 saturated carbocycles. The fraction of sp³-hybridized carbons (Fsp3) is 0. The van der Waals surface area contributed by atoms with E-state index < -0.39 is 0 Å². The van der Waals surface area contributed by atoms with E-state index in [4.69, 9.17) is 23.8 Å². The molecule has 0 spiro atoms. The van der Waals surface area contributed by atoms with Crippen molar-refractivity contribution in [3.05, 3.63) is 212 Å². The first-order chi connectivity index (χ1) is 30.7. The van der Waals surface area contributed by atoms with Gasteiger partial charge in [0, 0.05) is 38.2 Å². The maximum Gasteiger partial charge on any atom is 0.164 e. The Morgan fingerprint density at radius 1 is 0.242 bits per heavy atom. The van der Waals surface area contributed by atoms with Gasteiger partial charge in [0.15, 0.2) is 17.5 Å². The van der Waals surface area contributed by atoms with E-state index in [2.05, 4.69) is 170 Å². The van der Waals surface area contributed by atoms with Crippen LogP contribution in [0, 0.1) is 0 Å². The van der Waals surface area contributed by atoms with Crippen molar-refractivity contribution in [3.63, 3.8) is 0 Å². The second-order valence-electron chi connectivity index (χ2n) is 15.5. The summed E-state index contributed by atoms with van der Waals surface area (Å²) < 4.78 is 13.1. The highest BCUT2D eigenvalue weighted by molar-refractivity contribution is 6.14. The topological polar surface area (TPSA) is 65.0 Å². The lowest BCUT2D eigenvalue weighted by Gasteiger charge is -2.13. The molecule has 0 unspecified atom stereocenters. The Labute approximate surface area is 357 Å². The zero-order valence-electron chi connectivity index (χ0n) is 33.4. The van der Waals surface area contributed by atoms with Gasteiger partial charge in [0.05, 0.1) is 0 Å². The number of hydrogen-bond donors (Lipinski definition) is 0. The molecule has 0 saturated heterocycles. The Bertz CT molecular complexity index is 3630. The van der Waals surface area contributed by atoms with E-state index in [1.807, 2.05) is 42.5 Å². The third-order valence-electron chi connectivity index (χ3n) is 11.8. The number of hydrogen-bond acceptors (Lipinski definition) is 5. The van der Waals surface area contributed by atoms with E-state index in [1.165, 1.54) is 11.1 Å². The smallest absolute Gasteiger partial charge is 0.164 e. The molecule has 3 aromatic heterocycles. The fourth-order valence-corrected chi connectivity index (χ4v) is 8.89. The van der Waals surface area contributed by atoms with E-state index in [0.717, 1.165) is 93.9 Å². The molecule has 0 fully saturated rings. The van der Waals surface area contributed by atoms with Crippen LogP contribution in [-0.2, 0) is 0 Å². The maximum absolute atomic E-state index is 6.59. The molecular weight excluding hydrogens is 759 g/mol. The Kier molecular flexibility index (Phi) is 8.42. The molecule has 0 amide bonds. The Morgan fingerprint density at radius 2 is 0.613 bits per heavy atom. The van der Waals surface area contributed by atoms with E-state index in [0.29, 0.717) is 17.5 Å². The van der Waals surface area contributed by atoms with Crippen molar-refractivity contribution in [1.29, 1.82) is 0 Å². The predicted octanol–water partition coefficient (Wildman–Crippen LogP) is 15.3. The molecule has 0 radical (unpaired) electrons. The third-order valence-corrected chi connectivity index (χ3v) is 11.8. The molecular formula is C57H35N3O2. The van der Waals surface area contributed by atoms with Gasteiger partial charge in [0.25, 0.3) is 0 Å². The predicted molar refractivity (Wildman–Crippen MR) is 252 cm³/mol. The second-order valence-corrected chi connectivity index (χ2v) is 15.5. The number of furan rings is 2. The van der Waals surface area contributed by atoms with Gasteiger partial charge in [-0.3, -0.25) is 0 Å². The molecule has 0 bridgehead atoms. The molecule has 0 aliphatic rings. The molecule has 5 heteroatoms. The Balaban J connectivity index is 1.11. The van der Waals surface area contributed by atoms with Gasteiger partial charge < -0.3 is 8.83 Å². The van der Waals surface area contributed by atoms with Gasteiger partial charge in [-0.1, -0.05) is 176 Å². The van der Waals surface area contributed by atoms with Gasteiger partial charge >= 0.3 is 0 Å². The fourth-order valence-electron chi connectivity index (χ4n) is 8.89. The van der Waals surface area contributed by atoms with Gasteiger partial charge in [-0.2, -0.15) is 0 Å². The van der Waals surface area contributed by atoms with Crippen molar-refractivity contribution in [3.8, 4) is 78.7 Å². The van der Waals surface area contributed by atoms with Crippen LogP contribution in [0.4, 0.5) is 0 Å². The normalized spacial score (nSPS) is 11.5. The van der Waals surface area contributed by atoms with Crippen molar-refractivity contribution < 1.29 is 8.83 Å². The first-order valence-electron chi connectivity index (χ1n) is 20.8. The van der Waals surface area contributed by atoms with Gasteiger partial charge in [-0.05, 0) is 80.9 Å². The summed E-state index contributed by atoms with van der Waals surface area (Å²) in [6.07, 6.45) is 0. The summed E-state index contributed by atoms with van der Waals surface area (Å²) in [6, 6.07) is 73.3. The summed E-state index contributed by atoms with van der Waals surface area (Å²) in [5.41, 5.74) is 14.7. The zero-order chi connectivity index (χ0) is 41.0. The summed E-state index contributed by atoms with van der Waals surface area (Å²) in [5.74, 6) is 1.67. The van der Waals surface area contributed by atoms with Crippen molar-refractivity contribution in [2.75, 3.05) is 0 Å². The summed E-state index contributed by atoms with van der Waals surface area (Å²) in [7, 11) is 0. The van der Waals surface area contributed by atoms with Crippen LogP contribution in [0.3, 0.4) is 0 Å². The quantitative estimate of drug-likeness (QED) is 0.161. The number of aromatic nitrogens is 3. The van der Waals surface area contributed by atoms with E-state index in [9.17, 15) is 0 Å². The van der Waals surface area contributed by atoms with Crippen LogP contribution in [0.1, 0.15) is 0 Å².